The number of benzene rings is 1. The Balaban J connectivity index is 1.66. The molecule has 0 saturated carbocycles. The van der Waals surface area contributed by atoms with Crippen molar-refractivity contribution in [1.29, 1.82) is 0 Å². The van der Waals surface area contributed by atoms with Crippen molar-refractivity contribution in [1.82, 2.24) is 10.2 Å². The molecular weight excluding hydrogens is 286 g/mol. The monoisotopic (exact) mass is 307 g/mol. The molecule has 21 heavy (non-hydrogen) atoms. The summed E-state index contributed by atoms with van der Waals surface area (Å²) in [5.41, 5.74) is 1.96. The minimum Gasteiger partial charge on any atom is -0.371 e. The second kappa shape index (κ2) is 6.79. The fraction of sp³-hybridized carbons (Fsp3) is 0.533. The van der Waals surface area contributed by atoms with Crippen molar-refractivity contribution < 1.29 is 9.53 Å². The molecule has 2 aliphatic heterocycles. The smallest absolute Gasteiger partial charge is 0.242 e. The number of nitrogens with one attached hydrogen (secondary N) is 2. The number of likely N-dealkylation sites (N-methyl/N-ethyl adjacent to an activating group) is 1. The Morgan fingerprint density at radius 2 is 2.43 bits per heavy atom. The Bertz CT molecular complexity index is 505. The Morgan fingerprint density at radius 1 is 1.52 bits per heavy atom. The number of hydrogen-bond acceptors (Lipinski definition) is 5. The van der Waals surface area contributed by atoms with Crippen LogP contribution >= 0.6 is 11.8 Å². The standard InChI is InChI=1S/C15H21N3O2S/c1-18-5-6-20-14(8-18)11-3-2-4-12(7-11)17-15(19)13-9-21-10-16-13/h2-4,7,13-14,16H,5-6,8-10H2,1H3,(H,17,19). The summed E-state index contributed by atoms with van der Waals surface area (Å²) in [7, 11) is 2.10. The number of hydrogen-bond donors (Lipinski definition) is 2. The van der Waals surface area contributed by atoms with Crippen LogP contribution in [0.15, 0.2) is 24.3 Å². The number of anilines is 1. The summed E-state index contributed by atoms with van der Waals surface area (Å²) in [4.78, 5) is 14.4. The molecule has 2 unspecified atom stereocenters. The first kappa shape index (κ1) is 14.8. The van der Waals surface area contributed by atoms with Gasteiger partial charge in [-0.05, 0) is 24.7 Å². The topological polar surface area (TPSA) is 53.6 Å². The van der Waals surface area contributed by atoms with Gasteiger partial charge in [-0.1, -0.05) is 12.1 Å². The van der Waals surface area contributed by atoms with E-state index in [0.717, 1.165) is 42.6 Å². The van der Waals surface area contributed by atoms with Crippen LogP contribution in [0.4, 0.5) is 5.69 Å². The quantitative estimate of drug-likeness (QED) is 0.881. The molecular formula is C15H21N3O2S. The van der Waals surface area contributed by atoms with Crippen LogP contribution in [0.3, 0.4) is 0 Å². The molecule has 0 aliphatic carbocycles. The van der Waals surface area contributed by atoms with E-state index < -0.39 is 0 Å². The van der Waals surface area contributed by atoms with E-state index in [1.165, 1.54) is 0 Å². The Labute approximate surface area is 129 Å². The predicted molar refractivity (Wildman–Crippen MR) is 85.5 cm³/mol. The van der Waals surface area contributed by atoms with Crippen molar-refractivity contribution in [3.05, 3.63) is 29.8 Å². The second-order valence-electron chi connectivity index (χ2n) is 5.51. The number of morpholine rings is 1. The summed E-state index contributed by atoms with van der Waals surface area (Å²) in [6.45, 7) is 2.61. The molecule has 6 heteroatoms. The number of amides is 1. The number of thioether (sulfide) groups is 1. The highest BCUT2D eigenvalue weighted by Gasteiger charge is 2.23. The minimum absolute atomic E-state index is 0.0406. The van der Waals surface area contributed by atoms with Crippen molar-refractivity contribution in [3.63, 3.8) is 0 Å². The van der Waals surface area contributed by atoms with Crippen LogP contribution in [-0.2, 0) is 9.53 Å². The van der Waals surface area contributed by atoms with Crippen LogP contribution in [0.1, 0.15) is 11.7 Å². The highest BCUT2D eigenvalue weighted by molar-refractivity contribution is 7.99. The summed E-state index contributed by atoms with van der Waals surface area (Å²) >= 11 is 1.75. The lowest BCUT2D eigenvalue weighted by molar-refractivity contribution is -0.117. The summed E-state index contributed by atoms with van der Waals surface area (Å²) in [5.74, 6) is 1.72. The van der Waals surface area contributed by atoms with Crippen molar-refractivity contribution in [2.75, 3.05) is 43.7 Å². The van der Waals surface area contributed by atoms with Gasteiger partial charge in [-0.2, -0.15) is 0 Å². The highest BCUT2D eigenvalue weighted by Crippen LogP contribution is 2.24. The van der Waals surface area contributed by atoms with Crippen LogP contribution in [0.5, 0.6) is 0 Å². The Hall–Kier alpha value is -1.08. The van der Waals surface area contributed by atoms with Crippen molar-refractivity contribution in [3.8, 4) is 0 Å². The minimum atomic E-state index is -0.0873. The van der Waals surface area contributed by atoms with E-state index in [-0.39, 0.29) is 18.1 Å². The van der Waals surface area contributed by atoms with Gasteiger partial charge in [0.2, 0.25) is 5.91 Å². The molecule has 2 saturated heterocycles. The number of ether oxygens (including phenoxy) is 1. The van der Waals surface area contributed by atoms with E-state index in [9.17, 15) is 4.79 Å². The van der Waals surface area contributed by atoms with E-state index in [4.69, 9.17) is 4.74 Å². The van der Waals surface area contributed by atoms with E-state index >= 15 is 0 Å². The van der Waals surface area contributed by atoms with Gasteiger partial charge < -0.3 is 15.0 Å². The zero-order valence-electron chi connectivity index (χ0n) is 12.2. The average molecular weight is 307 g/mol. The maximum atomic E-state index is 12.1. The van der Waals surface area contributed by atoms with Crippen molar-refractivity contribution in [2.24, 2.45) is 0 Å². The molecule has 2 N–H and O–H groups in total. The zero-order chi connectivity index (χ0) is 14.7. The van der Waals surface area contributed by atoms with Crippen LogP contribution in [0.2, 0.25) is 0 Å². The van der Waals surface area contributed by atoms with Crippen LogP contribution in [0.25, 0.3) is 0 Å². The maximum Gasteiger partial charge on any atom is 0.242 e. The molecule has 2 atom stereocenters. The third-order valence-corrected chi connectivity index (χ3v) is 4.77. The van der Waals surface area contributed by atoms with Crippen LogP contribution in [-0.4, -0.2) is 55.2 Å². The van der Waals surface area contributed by atoms with Gasteiger partial charge in [0.1, 0.15) is 0 Å². The molecule has 0 bridgehead atoms. The first-order valence-corrected chi connectivity index (χ1v) is 8.40. The third-order valence-electron chi connectivity index (χ3n) is 3.83. The van der Waals surface area contributed by atoms with Gasteiger partial charge in [0, 0.05) is 30.4 Å². The molecule has 2 heterocycles. The number of rotatable bonds is 3. The SMILES string of the molecule is CN1CCOC(c2cccc(NC(=O)C3CSCN3)c2)C1. The highest BCUT2D eigenvalue weighted by atomic mass is 32.2. The number of carbonyl (C=O) groups is 1. The van der Waals surface area contributed by atoms with E-state index in [1.807, 2.05) is 18.2 Å². The second-order valence-corrected chi connectivity index (χ2v) is 6.54. The molecule has 1 amide bonds. The number of carbonyl (C=O) groups excluding carboxylic acids is 1. The molecule has 0 aromatic heterocycles. The van der Waals surface area contributed by atoms with E-state index in [1.54, 1.807) is 11.8 Å². The maximum absolute atomic E-state index is 12.1. The first-order valence-electron chi connectivity index (χ1n) is 7.24. The molecule has 114 valence electrons. The molecule has 1 aromatic carbocycles. The molecule has 3 rings (SSSR count). The lowest BCUT2D eigenvalue weighted by atomic mass is 10.1. The molecule has 2 aliphatic rings. The Kier molecular flexibility index (Phi) is 4.80. The molecule has 5 nitrogen and oxygen atoms in total. The number of nitrogens with zero attached hydrogens (tertiary/aromatic N) is 1. The lowest BCUT2D eigenvalue weighted by Crippen LogP contribution is -2.37. The van der Waals surface area contributed by atoms with Crippen LogP contribution < -0.4 is 10.6 Å². The molecule has 0 spiro atoms. The third kappa shape index (κ3) is 3.77. The molecule has 0 radical (unpaired) electrons. The summed E-state index contributed by atoms with van der Waals surface area (Å²) in [5, 5.41) is 6.17. The zero-order valence-corrected chi connectivity index (χ0v) is 13.0. The van der Waals surface area contributed by atoms with Crippen LogP contribution in [0, 0.1) is 0 Å². The van der Waals surface area contributed by atoms with Gasteiger partial charge in [-0.15, -0.1) is 11.8 Å². The fourth-order valence-corrected chi connectivity index (χ4v) is 3.53. The van der Waals surface area contributed by atoms with Crippen molar-refractivity contribution >= 4 is 23.4 Å². The largest absolute Gasteiger partial charge is 0.371 e. The normalized spacial score (nSPS) is 26.7. The lowest BCUT2D eigenvalue weighted by Gasteiger charge is -2.30. The van der Waals surface area contributed by atoms with Gasteiger partial charge in [-0.25, -0.2) is 0 Å². The van der Waals surface area contributed by atoms with Gasteiger partial charge in [-0.3, -0.25) is 10.1 Å². The molecule has 2 fully saturated rings. The van der Waals surface area contributed by atoms with Gasteiger partial charge >= 0.3 is 0 Å². The van der Waals surface area contributed by atoms with Crippen molar-refractivity contribution in [2.45, 2.75) is 12.1 Å². The molecule has 1 aromatic rings. The summed E-state index contributed by atoms with van der Waals surface area (Å²) in [6, 6.07) is 7.89. The Morgan fingerprint density at radius 3 is 3.19 bits per heavy atom. The van der Waals surface area contributed by atoms with E-state index in [2.05, 4.69) is 28.6 Å². The summed E-state index contributed by atoms with van der Waals surface area (Å²) in [6.07, 6.45) is 0.0840. The fourth-order valence-electron chi connectivity index (χ4n) is 2.59. The van der Waals surface area contributed by atoms with Gasteiger partial charge in [0.05, 0.1) is 18.8 Å². The average Bonchev–Trinajstić information content (AvgIpc) is 3.02. The predicted octanol–water partition coefficient (Wildman–Crippen LogP) is 1.29. The summed E-state index contributed by atoms with van der Waals surface area (Å²) < 4.78 is 5.82. The first-order chi connectivity index (χ1) is 10.2. The van der Waals surface area contributed by atoms with E-state index in [0.29, 0.717) is 0 Å². The van der Waals surface area contributed by atoms with Gasteiger partial charge in [0.25, 0.3) is 0 Å². The van der Waals surface area contributed by atoms with Gasteiger partial charge in [0.15, 0.2) is 0 Å².